The smallest absolute Gasteiger partial charge is 0.360 e. The number of nitrogens with zero attached hydrogens (tertiary/aromatic N) is 6. The zero-order valence-corrected chi connectivity index (χ0v) is 16.5. The van der Waals surface area contributed by atoms with E-state index in [4.69, 9.17) is 0 Å². The molecule has 29 heavy (non-hydrogen) atoms. The van der Waals surface area contributed by atoms with Crippen molar-refractivity contribution in [2.24, 2.45) is 0 Å². The molecule has 0 unspecified atom stereocenters. The van der Waals surface area contributed by atoms with Crippen LogP contribution in [0.1, 0.15) is 28.1 Å². The topological polar surface area (TPSA) is 116 Å². The Labute approximate surface area is 168 Å². The van der Waals surface area contributed by atoms with Gasteiger partial charge in [-0.2, -0.15) is 9.61 Å². The van der Waals surface area contributed by atoms with Crippen LogP contribution in [0.5, 0.6) is 0 Å². The summed E-state index contributed by atoms with van der Waals surface area (Å²) in [5.41, 5.74) is 2.18. The van der Waals surface area contributed by atoms with E-state index < -0.39 is 5.97 Å². The Kier molecular flexibility index (Phi) is 5.04. The maximum Gasteiger partial charge on any atom is 0.360 e. The first-order valence-corrected chi connectivity index (χ1v) is 9.62. The van der Waals surface area contributed by atoms with Gasteiger partial charge in [-0.05, 0) is 30.7 Å². The molecule has 0 atom stereocenters. The summed E-state index contributed by atoms with van der Waals surface area (Å²) in [4.78, 5) is 28.8. The Morgan fingerprint density at radius 1 is 1.28 bits per heavy atom. The number of esters is 1. The molecular weight excluding hydrogens is 394 g/mol. The molecule has 0 aliphatic carbocycles. The summed E-state index contributed by atoms with van der Waals surface area (Å²) in [6.07, 6.45) is 2.26. The molecule has 0 spiro atoms. The van der Waals surface area contributed by atoms with Crippen molar-refractivity contribution in [3.63, 3.8) is 0 Å². The highest BCUT2D eigenvalue weighted by atomic mass is 32.1. The summed E-state index contributed by atoms with van der Waals surface area (Å²) >= 11 is 1.42. The number of aryl methyl sites for hydroxylation is 1. The number of carbonyl (C=O) groups is 1. The number of carbonyl (C=O) groups excluding carboxylic acids is 1. The summed E-state index contributed by atoms with van der Waals surface area (Å²) in [5.74, 6) is -0.540. The molecule has 4 rings (SSSR count). The molecule has 0 bridgehead atoms. The lowest BCUT2D eigenvalue weighted by Crippen LogP contribution is -2.16. The minimum absolute atomic E-state index is 0.136. The van der Waals surface area contributed by atoms with Crippen LogP contribution < -0.4 is 10.9 Å². The van der Waals surface area contributed by atoms with Crippen LogP contribution in [0.25, 0.3) is 10.6 Å². The second-order valence-electron chi connectivity index (χ2n) is 6.07. The van der Waals surface area contributed by atoms with Crippen molar-refractivity contribution in [3.05, 3.63) is 63.3 Å². The third-order valence-corrected chi connectivity index (χ3v) is 5.19. The van der Waals surface area contributed by atoms with Gasteiger partial charge in [-0.3, -0.25) is 4.79 Å². The monoisotopic (exact) mass is 411 g/mol. The van der Waals surface area contributed by atoms with E-state index in [9.17, 15) is 9.59 Å². The summed E-state index contributed by atoms with van der Waals surface area (Å²) in [6.45, 7) is 2.39. The number of aromatic nitrogens is 6. The number of rotatable bonds is 6. The SMILES string of the molecule is CCc1nn2c(=O)cc(CNc3ccc(-n4cc(C(=O)OC)nn4)cc3)nc2s1. The second kappa shape index (κ2) is 7.80. The van der Waals surface area contributed by atoms with Gasteiger partial charge in [0.2, 0.25) is 4.96 Å². The molecule has 0 saturated heterocycles. The fraction of sp³-hybridized carbons (Fsp3) is 0.222. The zero-order valence-electron chi connectivity index (χ0n) is 15.7. The van der Waals surface area contributed by atoms with Crippen molar-refractivity contribution in [3.8, 4) is 5.69 Å². The lowest BCUT2D eigenvalue weighted by atomic mass is 10.2. The normalized spacial score (nSPS) is 11.0. The lowest BCUT2D eigenvalue weighted by molar-refractivity contribution is 0.0594. The maximum absolute atomic E-state index is 12.2. The van der Waals surface area contributed by atoms with Crippen LogP contribution in [0.4, 0.5) is 5.69 Å². The van der Waals surface area contributed by atoms with E-state index in [2.05, 4.69) is 30.4 Å². The number of nitrogens with one attached hydrogen (secondary N) is 1. The van der Waals surface area contributed by atoms with E-state index in [-0.39, 0.29) is 11.3 Å². The third-order valence-electron chi connectivity index (χ3n) is 4.14. The molecule has 148 valence electrons. The van der Waals surface area contributed by atoms with Gasteiger partial charge in [-0.25, -0.2) is 14.5 Å². The summed E-state index contributed by atoms with van der Waals surface area (Å²) in [5, 5.41) is 16.1. The van der Waals surface area contributed by atoms with Crippen molar-refractivity contribution in [2.75, 3.05) is 12.4 Å². The van der Waals surface area contributed by atoms with Crippen LogP contribution in [-0.4, -0.2) is 42.7 Å². The molecule has 10 nitrogen and oxygen atoms in total. The molecular formula is C18H17N7O3S. The van der Waals surface area contributed by atoms with Gasteiger partial charge in [0.15, 0.2) is 5.69 Å². The number of methoxy groups -OCH3 is 1. The van der Waals surface area contributed by atoms with E-state index in [1.54, 1.807) is 0 Å². The molecule has 0 fully saturated rings. The molecule has 1 aromatic carbocycles. The summed E-state index contributed by atoms with van der Waals surface area (Å²) < 4.78 is 7.45. The van der Waals surface area contributed by atoms with Crippen molar-refractivity contribution >= 4 is 28.0 Å². The first-order valence-electron chi connectivity index (χ1n) is 8.81. The summed E-state index contributed by atoms with van der Waals surface area (Å²) in [7, 11) is 1.29. The van der Waals surface area contributed by atoms with Crippen LogP contribution in [0.3, 0.4) is 0 Å². The Morgan fingerprint density at radius 2 is 2.07 bits per heavy atom. The molecule has 1 N–H and O–H groups in total. The fourth-order valence-electron chi connectivity index (χ4n) is 2.64. The van der Waals surface area contributed by atoms with E-state index in [0.29, 0.717) is 17.2 Å². The standard InChI is InChI=1S/C18H17N7O3S/c1-3-15-22-25-16(26)8-12(20-18(25)29-15)9-19-11-4-6-13(7-5-11)24-10-14(21-23-24)17(27)28-2/h4-8,10,19H,3,9H2,1-2H3. The van der Waals surface area contributed by atoms with Crippen molar-refractivity contribution < 1.29 is 9.53 Å². The average Bonchev–Trinajstić information content (AvgIpc) is 3.39. The van der Waals surface area contributed by atoms with Gasteiger partial charge >= 0.3 is 5.97 Å². The molecule has 0 aliphatic rings. The number of hydrogen-bond acceptors (Lipinski definition) is 9. The van der Waals surface area contributed by atoms with Gasteiger partial charge in [0.25, 0.3) is 5.56 Å². The predicted octanol–water partition coefficient (Wildman–Crippen LogP) is 1.69. The first-order chi connectivity index (χ1) is 14.1. The first kappa shape index (κ1) is 18.7. The van der Waals surface area contributed by atoms with Crippen LogP contribution in [0.2, 0.25) is 0 Å². The van der Waals surface area contributed by atoms with Gasteiger partial charge in [-0.15, -0.1) is 5.10 Å². The quantitative estimate of drug-likeness (QED) is 0.477. The third kappa shape index (κ3) is 3.85. The van der Waals surface area contributed by atoms with Gasteiger partial charge in [0.1, 0.15) is 5.01 Å². The van der Waals surface area contributed by atoms with Crippen molar-refractivity contribution in [1.29, 1.82) is 0 Å². The van der Waals surface area contributed by atoms with Crippen molar-refractivity contribution in [1.82, 2.24) is 29.6 Å². The molecule has 0 saturated carbocycles. The molecule has 11 heteroatoms. The minimum Gasteiger partial charge on any atom is -0.464 e. The Hall–Kier alpha value is -3.60. The highest BCUT2D eigenvalue weighted by Gasteiger charge is 2.11. The van der Waals surface area contributed by atoms with Crippen LogP contribution in [0.15, 0.2) is 41.3 Å². The van der Waals surface area contributed by atoms with E-state index in [1.807, 2.05) is 31.2 Å². The van der Waals surface area contributed by atoms with Gasteiger partial charge in [0, 0.05) is 11.8 Å². The number of hydrogen-bond donors (Lipinski definition) is 1. The zero-order chi connectivity index (χ0) is 20.4. The Morgan fingerprint density at radius 3 is 2.79 bits per heavy atom. The molecule has 3 heterocycles. The Bertz CT molecular complexity index is 1230. The van der Waals surface area contributed by atoms with Crippen LogP contribution in [0, 0.1) is 0 Å². The highest BCUT2D eigenvalue weighted by molar-refractivity contribution is 7.16. The van der Waals surface area contributed by atoms with Crippen LogP contribution in [-0.2, 0) is 17.7 Å². The number of fused-ring (bicyclic) bond motifs is 1. The Balaban J connectivity index is 1.47. The summed E-state index contributed by atoms with van der Waals surface area (Å²) in [6, 6.07) is 8.88. The van der Waals surface area contributed by atoms with Gasteiger partial charge in [0.05, 0.1) is 31.2 Å². The average molecular weight is 411 g/mol. The van der Waals surface area contributed by atoms with Gasteiger partial charge in [-0.1, -0.05) is 23.5 Å². The minimum atomic E-state index is -0.540. The molecule has 0 aliphatic heterocycles. The van der Waals surface area contributed by atoms with E-state index in [0.717, 1.165) is 22.8 Å². The van der Waals surface area contributed by atoms with Crippen molar-refractivity contribution in [2.45, 2.75) is 19.9 Å². The highest BCUT2D eigenvalue weighted by Crippen LogP contribution is 2.15. The van der Waals surface area contributed by atoms with E-state index >= 15 is 0 Å². The van der Waals surface area contributed by atoms with Gasteiger partial charge < -0.3 is 10.1 Å². The largest absolute Gasteiger partial charge is 0.464 e. The maximum atomic E-state index is 12.2. The number of anilines is 1. The number of ether oxygens (including phenoxy) is 1. The second-order valence-corrected chi connectivity index (χ2v) is 7.11. The van der Waals surface area contributed by atoms with Crippen LogP contribution >= 0.6 is 11.3 Å². The molecule has 4 aromatic rings. The molecule has 3 aromatic heterocycles. The fourth-order valence-corrected chi connectivity index (χ4v) is 3.50. The molecule has 0 radical (unpaired) electrons. The number of benzene rings is 1. The van der Waals surface area contributed by atoms with E-state index in [1.165, 1.54) is 39.9 Å². The lowest BCUT2D eigenvalue weighted by Gasteiger charge is -2.07. The molecule has 0 amide bonds. The predicted molar refractivity (Wildman–Crippen MR) is 107 cm³/mol.